The predicted molar refractivity (Wildman–Crippen MR) is 64.4 cm³/mol. The molecule has 0 saturated carbocycles. The van der Waals surface area contributed by atoms with Crippen LogP contribution in [0.15, 0.2) is 35.4 Å². The van der Waals surface area contributed by atoms with Crippen LogP contribution >= 0.6 is 11.6 Å². The van der Waals surface area contributed by atoms with Gasteiger partial charge in [0.05, 0.1) is 7.11 Å². The first-order chi connectivity index (χ1) is 7.22. The van der Waals surface area contributed by atoms with Crippen molar-refractivity contribution in [1.29, 1.82) is 0 Å². The Balaban J connectivity index is 2.86. The molecule has 1 aromatic rings. The Morgan fingerprint density at radius 1 is 1.47 bits per heavy atom. The molecule has 0 amide bonds. The van der Waals surface area contributed by atoms with E-state index < -0.39 is 0 Å². The largest absolute Gasteiger partial charge is 0.497 e. The molecule has 0 aliphatic rings. The zero-order valence-corrected chi connectivity index (χ0v) is 9.79. The van der Waals surface area contributed by atoms with Crippen LogP contribution in [0.4, 0.5) is 0 Å². The third-order valence-corrected chi connectivity index (χ3v) is 2.83. The summed E-state index contributed by atoms with van der Waals surface area (Å²) in [4.78, 5) is 0. The molecule has 1 rings (SSSR count). The summed E-state index contributed by atoms with van der Waals surface area (Å²) in [5.41, 5.74) is 9.38. The van der Waals surface area contributed by atoms with E-state index in [1.807, 2.05) is 24.3 Å². The van der Waals surface area contributed by atoms with Crippen molar-refractivity contribution in [3.05, 3.63) is 40.9 Å². The highest BCUT2D eigenvalue weighted by Gasteiger charge is 2.09. The van der Waals surface area contributed by atoms with Crippen molar-refractivity contribution in [2.24, 2.45) is 5.73 Å². The van der Waals surface area contributed by atoms with Crippen molar-refractivity contribution in [1.82, 2.24) is 0 Å². The second kappa shape index (κ2) is 5.79. The number of ether oxygens (including phenoxy) is 1. The predicted octanol–water partition coefficient (Wildman–Crippen LogP) is 2.88. The molecule has 2 nitrogen and oxygen atoms in total. The molecule has 0 heterocycles. The fraction of sp³-hybridized carbons (Fsp3) is 0.333. The first kappa shape index (κ1) is 12.1. The van der Waals surface area contributed by atoms with E-state index in [1.165, 1.54) is 5.56 Å². The molecular weight excluding hydrogens is 210 g/mol. The Kier molecular flexibility index (Phi) is 4.66. The van der Waals surface area contributed by atoms with Crippen LogP contribution in [-0.2, 0) is 0 Å². The van der Waals surface area contributed by atoms with Crippen molar-refractivity contribution in [3.63, 3.8) is 0 Å². The summed E-state index contributed by atoms with van der Waals surface area (Å²) < 4.78 is 5.10. The van der Waals surface area contributed by atoms with Gasteiger partial charge in [0.15, 0.2) is 0 Å². The second-order valence-corrected chi connectivity index (χ2v) is 3.60. The molecule has 0 saturated heterocycles. The molecule has 1 atom stereocenters. The monoisotopic (exact) mass is 225 g/mol. The summed E-state index contributed by atoms with van der Waals surface area (Å²) in [6, 6.07) is 7.93. The lowest BCUT2D eigenvalue weighted by Crippen LogP contribution is -2.09. The first-order valence-corrected chi connectivity index (χ1v) is 5.29. The van der Waals surface area contributed by atoms with Crippen molar-refractivity contribution in [2.45, 2.75) is 12.8 Å². The van der Waals surface area contributed by atoms with E-state index in [-0.39, 0.29) is 5.92 Å². The summed E-state index contributed by atoms with van der Waals surface area (Å²) in [6.07, 6.45) is 0. The number of hydrogen-bond donors (Lipinski definition) is 1. The lowest BCUT2D eigenvalue weighted by Gasteiger charge is -2.14. The normalized spacial score (nSPS) is 13.7. The minimum absolute atomic E-state index is 0.249. The molecule has 15 heavy (non-hydrogen) atoms. The molecule has 2 N–H and O–H groups in total. The molecule has 1 unspecified atom stereocenters. The van der Waals surface area contributed by atoms with Gasteiger partial charge in [-0.05, 0) is 23.3 Å². The summed E-state index contributed by atoms with van der Waals surface area (Å²) in [7, 11) is 1.66. The molecule has 82 valence electrons. The van der Waals surface area contributed by atoms with Crippen molar-refractivity contribution in [3.8, 4) is 5.75 Å². The zero-order valence-electron chi connectivity index (χ0n) is 9.03. The summed E-state index contributed by atoms with van der Waals surface area (Å²) in [6.45, 7) is 2.57. The van der Waals surface area contributed by atoms with E-state index in [1.54, 1.807) is 12.6 Å². The van der Waals surface area contributed by atoms with Gasteiger partial charge >= 0.3 is 0 Å². The van der Waals surface area contributed by atoms with E-state index in [0.29, 0.717) is 6.54 Å². The van der Waals surface area contributed by atoms with Crippen LogP contribution in [0, 0.1) is 0 Å². The van der Waals surface area contributed by atoms with E-state index in [0.717, 1.165) is 11.3 Å². The fourth-order valence-corrected chi connectivity index (χ4v) is 1.70. The van der Waals surface area contributed by atoms with E-state index in [4.69, 9.17) is 22.1 Å². The van der Waals surface area contributed by atoms with Crippen LogP contribution in [0.25, 0.3) is 0 Å². The molecule has 1 aromatic carbocycles. The van der Waals surface area contributed by atoms with Crippen LogP contribution in [0.3, 0.4) is 0 Å². The number of nitrogens with two attached hydrogens (primary N) is 1. The number of rotatable bonds is 4. The summed E-state index contributed by atoms with van der Waals surface area (Å²) in [5, 5.41) is 0. The Morgan fingerprint density at radius 2 is 2.07 bits per heavy atom. The number of methoxy groups -OCH3 is 1. The summed E-state index contributed by atoms with van der Waals surface area (Å²) >= 11 is 5.70. The molecule has 0 spiro atoms. The van der Waals surface area contributed by atoms with Crippen LogP contribution in [-0.4, -0.2) is 13.7 Å². The fourth-order valence-electron chi connectivity index (χ4n) is 1.42. The number of hydrogen-bond acceptors (Lipinski definition) is 2. The van der Waals surface area contributed by atoms with Gasteiger partial charge in [-0.15, -0.1) is 0 Å². The van der Waals surface area contributed by atoms with Gasteiger partial charge in [0.25, 0.3) is 0 Å². The van der Waals surface area contributed by atoms with Gasteiger partial charge in [-0.25, -0.2) is 0 Å². The molecule has 0 fully saturated rings. The Hall–Kier alpha value is -0.990. The first-order valence-electron chi connectivity index (χ1n) is 4.86. The van der Waals surface area contributed by atoms with E-state index in [9.17, 15) is 0 Å². The highest BCUT2D eigenvalue weighted by molar-refractivity contribution is 6.25. The van der Waals surface area contributed by atoms with Crippen molar-refractivity contribution >= 4 is 11.6 Å². The quantitative estimate of drug-likeness (QED) is 0.855. The topological polar surface area (TPSA) is 35.2 Å². The standard InChI is InChI=1S/C12H16ClNO/c1-9(11(7-13)8-14)10-3-5-12(15-2)6-4-10/h3-7,9H,8,14H2,1-2H3/b11-7+. The highest BCUT2D eigenvalue weighted by Crippen LogP contribution is 2.25. The molecule has 0 aliphatic carbocycles. The minimum atomic E-state index is 0.249. The van der Waals surface area contributed by atoms with Gasteiger partial charge in [0.2, 0.25) is 0 Å². The maximum Gasteiger partial charge on any atom is 0.118 e. The molecule has 3 heteroatoms. The maximum absolute atomic E-state index is 5.70. The second-order valence-electron chi connectivity index (χ2n) is 3.38. The highest BCUT2D eigenvalue weighted by atomic mass is 35.5. The van der Waals surface area contributed by atoms with E-state index in [2.05, 4.69) is 6.92 Å². The molecule has 0 bridgehead atoms. The minimum Gasteiger partial charge on any atom is -0.497 e. The lowest BCUT2D eigenvalue weighted by atomic mass is 9.94. The van der Waals surface area contributed by atoms with Crippen LogP contribution < -0.4 is 10.5 Å². The van der Waals surface area contributed by atoms with Gasteiger partial charge in [-0.1, -0.05) is 30.7 Å². The Morgan fingerprint density at radius 3 is 2.47 bits per heavy atom. The number of benzene rings is 1. The molecule has 0 radical (unpaired) electrons. The Bertz CT molecular complexity index is 332. The van der Waals surface area contributed by atoms with Gasteiger partial charge < -0.3 is 10.5 Å². The SMILES string of the molecule is COc1ccc(C(C)/C(=C/Cl)CN)cc1. The maximum atomic E-state index is 5.70. The number of halogens is 1. The van der Waals surface area contributed by atoms with Gasteiger partial charge in [-0.2, -0.15) is 0 Å². The van der Waals surface area contributed by atoms with Crippen molar-refractivity contribution < 1.29 is 4.74 Å². The molecule has 0 aliphatic heterocycles. The third-order valence-electron chi connectivity index (χ3n) is 2.55. The molecule has 0 aromatic heterocycles. The zero-order chi connectivity index (χ0) is 11.3. The summed E-state index contributed by atoms with van der Waals surface area (Å²) in [5.74, 6) is 1.11. The van der Waals surface area contributed by atoms with Crippen LogP contribution in [0.5, 0.6) is 5.75 Å². The van der Waals surface area contributed by atoms with Gasteiger partial charge in [0, 0.05) is 18.0 Å². The molecular formula is C12H16ClNO. The van der Waals surface area contributed by atoms with Crippen LogP contribution in [0.1, 0.15) is 18.4 Å². The smallest absolute Gasteiger partial charge is 0.118 e. The lowest BCUT2D eigenvalue weighted by molar-refractivity contribution is 0.414. The third kappa shape index (κ3) is 2.98. The van der Waals surface area contributed by atoms with Crippen molar-refractivity contribution in [2.75, 3.05) is 13.7 Å². The average molecular weight is 226 g/mol. The average Bonchev–Trinajstić information content (AvgIpc) is 2.30. The van der Waals surface area contributed by atoms with Crippen LogP contribution in [0.2, 0.25) is 0 Å². The Labute approximate surface area is 95.7 Å². The van der Waals surface area contributed by atoms with E-state index >= 15 is 0 Å². The van der Waals surface area contributed by atoms with Gasteiger partial charge in [0.1, 0.15) is 5.75 Å². The van der Waals surface area contributed by atoms with Gasteiger partial charge in [-0.3, -0.25) is 0 Å².